The van der Waals surface area contributed by atoms with Crippen molar-refractivity contribution in [3.63, 3.8) is 0 Å². The molecule has 7 heteroatoms. The summed E-state index contributed by atoms with van der Waals surface area (Å²) in [7, 11) is 3.21. The number of benzene rings is 1. The molecule has 1 fully saturated rings. The number of carbonyl (C=O) groups excluding carboxylic acids is 1. The van der Waals surface area contributed by atoms with Crippen molar-refractivity contribution in [2.24, 2.45) is 0 Å². The first-order valence-electron chi connectivity index (χ1n) is 8.36. The maximum Gasteiger partial charge on any atom is 0.271 e. The lowest BCUT2D eigenvalue weighted by atomic mass is 9.99. The summed E-state index contributed by atoms with van der Waals surface area (Å²) in [6.45, 7) is 2.41. The number of carbonyl (C=O) groups is 1. The first-order chi connectivity index (χ1) is 12.2. The Balaban J connectivity index is 1.62. The molecule has 0 unspecified atom stereocenters. The van der Waals surface area contributed by atoms with Crippen LogP contribution in [0.1, 0.15) is 39.8 Å². The minimum Gasteiger partial charge on any atom is -0.497 e. The summed E-state index contributed by atoms with van der Waals surface area (Å²) in [4.78, 5) is 16.9. The average molecular weight is 361 g/mol. The SMILES string of the molecule is COc1ccc(CNC(=O)c2csc(C3CCNCC3)n2)c(OC)c1. The number of nitrogens with one attached hydrogen (secondary N) is 2. The van der Waals surface area contributed by atoms with E-state index in [0.29, 0.717) is 23.9 Å². The van der Waals surface area contributed by atoms with Gasteiger partial charge in [0.1, 0.15) is 17.2 Å². The molecule has 1 aromatic carbocycles. The molecule has 1 saturated heterocycles. The second-order valence-corrected chi connectivity index (χ2v) is 6.85. The molecule has 134 valence electrons. The highest BCUT2D eigenvalue weighted by molar-refractivity contribution is 7.09. The topological polar surface area (TPSA) is 72.5 Å². The summed E-state index contributed by atoms with van der Waals surface area (Å²) >= 11 is 1.58. The van der Waals surface area contributed by atoms with Crippen molar-refractivity contribution in [2.45, 2.75) is 25.3 Å². The van der Waals surface area contributed by atoms with Gasteiger partial charge in [0.15, 0.2) is 0 Å². The van der Waals surface area contributed by atoms with Crippen LogP contribution in [0.4, 0.5) is 0 Å². The number of methoxy groups -OCH3 is 2. The monoisotopic (exact) mass is 361 g/mol. The Morgan fingerprint density at radius 3 is 2.84 bits per heavy atom. The third kappa shape index (κ3) is 4.29. The molecule has 1 aliphatic heterocycles. The molecule has 0 atom stereocenters. The van der Waals surface area contributed by atoms with Crippen LogP contribution in [0.3, 0.4) is 0 Å². The fourth-order valence-corrected chi connectivity index (χ4v) is 3.88. The van der Waals surface area contributed by atoms with Crippen LogP contribution in [0.5, 0.6) is 11.5 Å². The fourth-order valence-electron chi connectivity index (χ4n) is 2.91. The molecule has 6 nitrogen and oxygen atoms in total. The molecular weight excluding hydrogens is 338 g/mol. The zero-order valence-corrected chi connectivity index (χ0v) is 15.3. The highest BCUT2D eigenvalue weighted by Gasteiger charge is 2.20. The Bertz CT molecular complexity index is 726. The van der Waals surface area contributed by atoms with E-state index in [1.54, 1.807) is 31.6 Å². The van der Waals surface area contributed by atoms with E-state index in [4.69, 9.17) is 9.47 Å². The molecular formula is C18H23N3O3S. The Labute approximate surface area is 151 Å². The lowest BCUT2D eigenvalue weighted by Gasteiger charge is -2.20. The number of hydrogen-bond acceptors (Lipinski definition) is 6. The Hall–Kier alpha value is -2.12. The predicted molar refractivity (Wildman–Crippen MR) is 97.7 cm³/mol. The maximum absolute atomic E-state index is 12.4. The molecule has 2 heterocycles. The molecule has 1 aliphatic rings. The van der Waals surface area contributed by atoms with Crippen molar-refractivity contribution >= 4 is 17.2 Å². The van der Waals surface area contributed by atoms with Gasteiger partial charge in [-0.25, -0.2) is 4.98 Å². The van der Waals surface area contributed by atoms with E-state index in [-0.39, 0.29) is 5.91 Å². The van der Waals surface area contributed by atoms with Gasteiger partial charge in [0.25, 0.3) is 5.91 Å². The highest BCUT2D eigenvalue weighted by atomic mass is 32.1. The van der Waals surface area contributed by atoms with Gasteiger partial charge in [0, 0.05) is 29.5 Å². The standard InChI is InChI=1S/C18H23N3O3S/c1-23-14-4-3-13(16(9-14)24-2)10-20-17(22)15-11-25-18(21-15)12-5-7-19-8-6-12/h3-4,9,11-12,19H,5-8,10H2,1-2H3,(H,20,22). The molecule has 1 aromatic heterocycles. The van der Waals surface area contributed by atoms with E-state index in [9.17, 15) is 4.79 Å². The summed E-state index contributed by atoms with van der Waals surface area (Å²) < 4.78 is 10.5. The van der Waals surface area contributed by atoms with E-state index in [1.807, 2.05) is 17.5 Å². The minimum atomic E-state index is -0.158. The normalized spacial score (nSPS) is 15.0. The second-order valence-electron chi connectivity index (χ2n) is 5.96. The molecule has 0 radical (unpaired) electrons. The van der Waals surface area contributed by atoms with Gasteiger partial charge in [0.2, 0.25) is 0 Å². The predicted octanol–water partition coefficient (Wildman–Crippen LogP) is 2.56. The Morgan fingerprint density at radius 2 is 2.12 bits per heavy atom. The van der Waals surface area contributed by atoms with Crippen molar-refractivity contribution in [3.8, 4) is 11.5 Å². The van der Waals surface area contributed by atoms with Gasteiger partial charge in [-0.05, 0) is 38.1 Å². The quantitative estimate of drug-likeness (QED) is 0.827. The van der Waals surface area contributed by atoms with Crippen molar-refractivity contribution in [2.75, 3.05) is 27.3 Å². The molecule has 0 bridgehead atoms. The van der Waals surface area contributed by atoms with Gasteiger partial charge in [-0.1, -0.05) is 0 Å². The van der Waals surface area contributed by atoms with E-state index >= 15 is 0 Å². The van der Waals surface area contributed by atoms with E-state index in [0.717, 1.165) is 42.3 Å². The van der Waals surface area contributed by atoms with Gasteiger partial charge >= 0.3 is 0 Å². The van der Waals surface area contributed by atoms with Crippen LogP contribution in [0.15, 0.2) is 23.6 Å². The number of thiazole rings is 1. The highest BCUT2D eigenvalue weighted by Crippen LogP contribution is 2.28. The van der Waals surface area contributed by atoms with Crippen LogP contribution in [-0.4, -0.2) is 38.2 Å². The van der Waals surface area contributed by atoms with Crippen molar-refractivity contribution in [1.29, 1.82) is 0 Å². The lowest BCUT2D eigenvalue weighted by molar-refractivity contribution is 0.0946. The van der Waals surface area contributed by atoms with Crippen molar-refractivity contribution in [1.82, 2.24) is 15.6 Å². The fraction of sp³-hybridized carbons (Fsp3) is 0.444. The molecule has 3 rings (SSSR count). The Morgan fingerprint density at radius 1 is 1.32 bits per heavy atom. The first-order valence-corrected chi connectivity index (χ1v) is 9.24. The van der Waals surface area contributed by atoms with Crippen molar-refractivity contribution in [3.05, 3.63) is 39.8 Å². The average Bonchev–Trinajstić information content (AvgIpc) is 3.17. The summed E-state index contributed by atoms with van der Waals surface area (Å²) in [5, 5.41) is 9.17. The van der Waals surface area contributed by atoms with Gasteiger partial charge in [-0.2, -0.15) is 0 Å². The first kappa shape index (κ1) is 17.7. The van der Waals surface area contributed by atoms with E-state index in [2.05, 4.69) is 15.6 Å². The molecule has 2 aromatic rings. The summed E-state index contributed by atoms with van der Waals surface area (Å²) in [5.74, 6) is 1.72. The molecule has 0 aliphatic carbocycles. The molecule has 0 spiro atoms. The van der Waals surface area contributed by atoms with Gasteiger partial charge < -0.3 is 20.1 Å². The van der Waals surface area contributed by atoms with Crippen LogP contribution < -0.4 is 20.1 Å². The van der Waals surface area contributed by atoms with Crippen molar-refractivity contribution < 1.29 is 14.3 Å². The largest absolute Gasteiger partial charge is 0.497 e. The van der Waals surface area contributed by atoms with Crippen LogP contribution in [0.2, 0.25) is 0 Å². The molecule has 0 saturated carbocycles. The van der Waals surface area contributed by atoms with Gasteiger partial charge in [-0.3, -0.25) is 4.79 Å². The number of amides is 1. The van der Waals surface area contributed by atoms with E-state index < -0.39 is 0 Å². The number of piperidine rings is 1. The smallest absolute Gasteiger partial charge is 0.271 e. The molecule has 2 N–H and O–H groups in total. The minimum absolute atomic E-state index is 0.158. The molecule has 25 heavy (non-hydrogen) atoms. The zero-order chi connectivity index (χ0) is 17.6. The number of aromatic nitrogens is 1. The molecule has 1 amide bonds. The number of hydrogen-bond donors (Lipinski definition) is 2. The van der Waals surface area contributed by atoms with Gasteiger partial charge in [0.05, 0.1) is 19.2 Å². The zero-order valence-electron chi connectivity index (χ0n) is 14.5. The summed E-state index contributed by atoms with van der Waals surface area (Å²) in [5.41, 5.74) is 1.39. The number of ether oxygens (including phenoxy) is 2. The maximum atomic E-state index is 12.4. The van der Waals surface area contributed by atoms with Crippen LogP contribution in [0.25, 0.3) is 0 Å². The van der Waals surface area contributed by atoms with Crippen LogP contribution >= 0.6 is 11.3 Å². The van der Waals surface area contributed by atoms with Gasteiger partial charge in [-0.15, -0.1) is 11.3 Å². The van der Waals surface area contributed by atoms with E-state index in [1.165, 1.54) is 0 Å². The van der Waals surface area contributed by atoms with Crippen LogP contribution in [0, 0.1) is 0 Å². The Kier molecular flexibility index (Phi) is 5.88. The third-order valence-electron chi connectivity index (χ3n) is 4.38. The summed E-state index contributed by atoms with van der Waals surface area (Å²) in [6, 6.07) is 5.54. The number of rotatable bonds is 6. The van der Waals surface area contributed by atoms with Crippen LogP contribution in [-0.2, 0) is 6.54 Å². The second kappa shape index (κ2) is 8.31. The third-order valence-corrected chi connectivity index (χ3v) is 5.38. The lowest BCUT2D eigenvalue weighted by Crippen LogP contribution is -2.27. The summed E-state index contributed by atoms with van der Waals surface area (Å²) in [6.07, 6.45) is 2.16. The number of nitrogens with zero attached hydrogens (tertiary/aromatic N) is 1.